The monoisotopic (exact) mass is 341 g/mol. The van der Waals surface area contributed by atoms with Crippen LogP contribution >= 0.6 is 0 Å². The number of nitro groups is 1. The van der Waals surface area contributed by atoms with Crippen LogP contribution in [0.1, 0.15) is 36.1 Å². The summed E-state index contributed by atoms with van der Waals surface area (Å²) in [4.78, 5) is 10.1. The third kappa shape index (κ3) is 5.37. The van der Waals surface area contributed by atoms with E-state index in [1.807, 2.05) is 19.9 Å². The van der Waals surface area contributed by atoms with E-state index < -0.39 is 0 Å². The van der Waals surface area contributed by atoms with Crippen LogP contribution in [0.15, 0.2) is 42.5 Å². The van der Waals surface area contributed by atoms with Gasteiger partial charge in [-0.25, -0.2) is 0 Å². The molecule has 0 spiro atoms. The third-order valence-electron chi connectivity index (χ3n) is 4.29. The number of rotatable bonds is 1. The summed E-state index contributed by atoms with van der Waals surface area (Å²) in [5.74, 6) is 0. The Balaban J connectivity index is 0.000000168. The first-order valence-electron chi connectivity index (χ1n) is 8.98. The molecule has 0 aliphatic carbocycles. The molecule has 0 bridgehead atoms. The second-order valence-electron chi connectivity index (χ2n) is 5.83. The smallest absolute Gasteiger partial charge is 0.269 e. The lowest BCUT2D eigenvalue weighted by Crippen LogP contribution is -2.23. The van der Waals surface area contributed by atoms with Crippen molar-refractivity contribution in [1.82, 2.24) is 10.6 Å². The molecule has 5 heteroatoms. The van der Waals surface area contributed by atoms with Crippen LogP contribution in [-0.4, -0.2) is 18.0 Å². The van der Waals surface area contributed by atoms with Gasteiger partial charge in [0, 0.05) is 25.2 Å². The molecule has 2 aromatic carbocycles. The molecule has 2 aromatic rings. The maximum atomic E-state index is 10.5. The Bertz CT molecular complexity index is 676. The predicted octanol–water partition coefficient (Wildman–Crippen LogP) is 3.60. The van der Waals surface area contributed by atoms with Crippen LogP contribution in [0.3, 0.4) is 0 Å². The highest BCUT2D eigenvalue weighted by Gasteiger charge is 2.12. The summed E-state index contributed by atoms with van der Waals surface area (Å²) in [6.07, 6.45) is 2.16. The molecule has 2 N–H and O–H groups in total. The fourth-order valence-electron chi connectivity index (χ4n) is 3.00. The molecule has 0 saturated heterocycles. The number of hydrogen-bond acceptors (Lipinski definition) is 4. The SMILES string of the molecule is CC.O=[N+]([O-])c1ccc2c(c1)CNCC2.c1ccc2c(c1)CCNC2. The lowest BCUT2D eigenvalue weighted by molar-refractivity contribution is -0.384. The van der Waals surface area contributed by atoms with Gasteiger partial charge in [0.25, 0.3) is 5.69 Å². The molecule has 0 saturated carbocycles. The van der Waals surface area contributed by atoms with Gasteiger partial charge in [0.2, 0.25) is 0 Å². The summed E-state index contributed by atoms with van der Waals surface area (Å²) < 4.78 is 0. The Kier molecular flexibility index (Phi) is 7.57. The van der Waals surface area contributed by atoms with Gasteiger partial charge in [-0.05, 0) is 48.2 Å². The minimum absolute atomic E-state index is 0.183. The zero-order valence-electron chi connectivity index (χ0n) is 15.0. The minimum atomic E-state index is -0.352. The maximum Gasteiger partial charge on any atom is 0.269 e. The Morgan fingerprint density at radius 2 is 1.40 bits per heavy atom. The molecular weight excluding hydrogens is 314 g/mol. The summed E-state index contributed by atoms with van der Waals surface area (Å²) in [7, 11) is 0. The molecule has 0 radical (unpaired) electrons. The Morgan fingerprint density at radius 3 is 2.00 bits per heavy atom. The molecule has 4 rings (SSSR count). The van der Waals surface area contributed by atoms with Gasteiger partial charge < -0.3 is 10.6 Å². The van der Waals surface area contributed by atoms with E-state index >= 15 is 0 Å². The van der Waals surface area contributed by atoms with Crippen molar-refractivity contribution in [2.24, 2.45) is 0 Å². The molecule has 5 nitrogen and oxygen atoms in total. The van der Waals surface area contributed by atoms with E-state index in [9.17, 15) is 10.1 Å². The number of nitrogens with one attached hydrogen (secondary N) is 2. The number of benzene rings is 2. The van der Waals surface area contributed by atoms with Gasteiger partial charge in [-0.15, -0.1) is 0 Å². The lowest BCUT2D eigenvalue weighted by Gasteiger charge is -2.15. The molecule has 0 unspecified atom stereocenters. The fraction of sp³-hybridized carbons (Fsp3) is 0.400. The highest BCUT2D eigenvalue weighted by Crippen LogP contribution is 2.20. The number of nitro benzene ring substituents is 1. The van der Waals surface area contributed by atoms with Crippen LogP contribution in [0.4, 0.5) is 5.69 Å². The van der Waals surface area contributed by atoms with Crippen LogP contribution in [0, 0.1) is 10.1 Å². The second kappa shape index (κ2) is 9.91. The van der Waals surface area contributed by atoms with Gasteiger partial charge in [0.1, 0.15) is 0 Å². The normalized spacial score (nSPS) is 14.6. The Morgan fingerprint density at radius 1 is 0.840 bits per heavy atom. The largest absolute Gasteiger partial charge is 0.312 e. The van der Waals surface area contributed by atoms with Crippen LogP contribution in [0.25, 0.3) is 0 Å². The summed E-state index contributed by atoms with van der Waals surface area (Å²) in [6.45, 7) is 7.90. The van der Waals surface area contributed by atoms with Gasteiger partial charge in [0.15, 0.2) is 0 Å². The van der Waals surface area contributed by atoms with Gasteiger partial charge in [-0.1, -0.05) is 44.2 Å². The van der Waals surface area contributed by atoms with E-state index in [-0.39, 0.29) is 10.6 Å². The Labute approximate surface area is 149 Å². The molecule has 25 heavy (non-hydrogen) atoms. The van der Waals surface area contributed by atoms with E-state index in [0.717, 1.165) is 38.2 Å². The zero-order chi connectivity index (χ0) is 18.1. The molecule has 0 aromatic heterocycles. The average molecular weight is 341 g/mol. The van der Waals surface area contributed by atoms with Crippen molar-refractivity contribution in [3.05, 3.63) is 74.8 Å². The topological polar surface area (TPSA) is 67.2 Å². The minimum Gasteiger partial charge on any atom is -0.312 e. The van der Waals surface area contributed by atoms with Gasteiger partial charge in [-0.2, -0.15) is 0 Å². The lowest BCUT2D eigenvalue weighted by atomic mass is 10.0. The average Bonchev–Trinajstić information content (AvgIpc) is 2.69. The van der Waals surface area contributed by atoms with Crippen LogP contribution in [0.2, 0.25) is 0 Å². The molecule has 0 amide bonds. The summed E-state index contributed by atoms with van der Waals surface area (Å²) in [6, 6.07) is 13.7. The zero-order valence-corrected chi connectivity index (χ0v) is 15.0. The van der Waals surface area contributed by atoms with E-state index in [1.54, 1.807) is 12.1 Å². The molecular formula is C20H27N3O2. The summed E-state index contributed by atoms with van der Waals surface area (Å²) in [5, 5.41) is 17.0. The summed E-state index contributed by atoms with van der Waals surface area (Å²) >= 11 is 0. The van der Waals surface area contributed by atoms with Crippen molar-refractivity contribution in [3.63, 3.8) is 0 Å². The fourth-order valence-corrected chi connectivity index (χ4v) is 3.00. The highest BCUT2D eigenvalue weighted by atomic mass is 16.6. The van der Waals surface area contributed by atoms with Gasteiger partial charge >= 0.3 is 0 Å². The van der Waals surface area contributed by atoms with Crippen molar-refractivity contribution < 1.29 is 4.92 Å². The van der Waals surface area contributed by atoms with Crippen LogP contribution in [0.5, 0.6) is 0 Å². The molecule has 0 fully saturated rings. The quantitative estimate of drug-likeness (QED) is 0.614. The van der Waals surface area contributed by atoms with Crippen LogP contribution < -0.4 is 10.6 Å². The maximum absolute atomic E-state index is 10.5. The second-order valence-corrected chi connectivity index (χ2v) is 5.83. The van der Waals surface area contributed by atoms with Crippen molar-refractivity contribution in [2.45, 2.75) is 39.8 Å². The first-order chi connectivity index (χ1) is 12.2. The number of fused-ring (bicyclic) bond motifs is 2. The van der Waals surface area contributed by atoms with Crippen molar-refractivity contribution >= 4 is 5.69 Å². The van der Waals surface area contributed by atoms with Crippen molar-refractivity contribution in [2.75, 3.05) is 13.1 Å². The highest BCUT2D eigenvalue weighted by molar-refractivity contribution is 5.40. The van der Waals surface area contributed by atoms with E-state index in [0.29, 0.717) is 0 Å². The van der Waals surface area contributed by atoms with E-state index in [4.69, 9.17) is 0 Å². The molecule has 0 atom stereocenters. The number of hydrogen-bond donors (Lipinski definition) is 2. The van der Waals surface area contributed by atoms with Crippen LogP contribution in [-0.2, 0) is 25.9 Å². The standard InChI is InChI=1S/C9H10N2O2.C9H11N.C2H6/c12-11(13)9-2-1-7-3-4-10-6-8(7)5-9;1-2-4-9-7-10-6-5-8(9)3-1;1-2/h1-2,5,10H,3-4,6H2;1-4,10H,5-7H2;1-2H3. The molecule has 2 aliphatic rings. The number of nitrogens with zero attached hydrogens (tertiary/aromatic N) is 1. The first-order valence-corrected chi connectivity index (χ1v) is 8.98. The number of non-ortho nitro benzene ring substituents is 1. The van der Waals surface area contributed by atoms with Gasteiger partial charge in [-0.3, -0.25) is 10.1 Å². The molecule has 2 aliphatic heterocycles. The first kappa shape index (κ1) is 19.1. The summed E-state index contributed by atoms with van der Waals surface area (Å²) in [5.41, 5.74) is 5.45. The van der Waals surface area contributed by atoms with E-state index in [2.05, 4.69) is 34.9 Å². The van der Waals surface area contributed by atoms with Gasteiger partial charge in [0.05, 0.1) is 4.92 Å². The predicted molar refractivity (Wildman–Crippen MR) is 102 cm³/mol. The molecule has 134 valence electrons. The van der Waals surface area contributed by atoms with Crippen molar-refractivity contribution in [3.8, 4) is 0 Å². The third-order valence-corrected chi connectivity index (χ3v) is 4.29. The van der Waals surface area contributed by atoms with Crippen molar-refractivity contribution in [1.29, 1.82) is 0 Å². The van der Waals surface area contributed by atoms with E-state index in [1.165, 1.54) is 23.1 Å². The molecule has 2 heterocycles. The Hall–Kier alpha value is -2.24.